The zero-order valence-corrected chi connectivity index (χ0v) is 10.2. The van der Waals surface area contributed by atoms with Crippen LogP contribution in [0.5, 0.6) is 0 Å². The smallest absolute Gasteiger partial charge is 0.254 e. The Hall–Kier alpha value is -2.48. The van der Waals surface area contributed by atoms with Crippen molar-refractivity contribution in [3.63, 3.8) is 0 Å². The van der Waals surface area contributed by atoms with Crippen molar-refractivity contribution in [3.8, 4) is 0 Å². The van der Waals surface area contributed by atoms with Gasteiger partial charge in [0.05, 0.1) is 5.69 Å². The highest BCUT2D eigenvalue weighted by Gasteiger charge is 2.19. The number of carbonyl (C=O) groups is 3. The predicted octanol–water partition coefficient (Wildman–Crippen LogP) is -2.05. The molecule has 0 bridgehead atoms. The lowest BCUT2D eigenvalue weighted by molar-refractivity contribution is -0.121. The van der Waals surface area contributed by atoms with E-state index in [-0.39, 0.29) is 25.2 Å². The van der Waals surface area contributed by atoms with E-state index in [1.165, 1.54) is 18.3 Å². The molecule has 1 rings (SSSR count). The molecule has 1 aromatic heterocycles. The molecule has 0 radical (unpaired) electrons. The van der Waals surface area contributed by atoms with E-state index in [0.29, 0.717) is 5.69 Å². The van der Waals surface area contributed by atoms with Gasteiger partial charge in [0.25, 0.3) is 5.91 Å². The van der Waals surface area contributed by atoms with Gasteiger partial charge in [-0.1, -0.05) is 0 Å². The van der Waals surface area contributed by atoms with Crippen molar-refractivity contribution in [1.29, 1.82) is 0 Å². The van der Waals surface area contributed by atoms with Crippen molar-refractivity contribution in [3.05, 3.63) is 29.6 Å². The summed E-state index contributed by atoms with van der Waals surface area (Å²) in [5.41, 5.74) is 16.2. The molecule has 19 heavy (non-hydrogen) atoms. The average Bonchev–Trinajstić information content (AvgIpc) is 2.36. The standard InChI is InChI=1S/C11H15N5O3/c12-4-8-3-7(1-2-15-8)11(19)16(5-9(13)17)6-10(14)18/h1-3H,4-6,12H2,(H2,13,17)(H2,14,18). The van der Waals surface area contributed by atoms with Crippen molar-refractivity contribution >= 4 is 17.7 Å². The topological polar surface area (TPSA) is 145 Å². The molecule has 0 aliphatic rings. The molecule has 3 amide bonds. The molecule has 0 atom stereocenters. The molecule has 102 valence electrons. The van der Waals surface area contributed by atoms with Crippen LogP contribution in [-0.2, 0) is 16.1 Å². The van der Waals surface area contributed by atoms with Crippen LogP contribution in [0.1, 0.15) is 16.1 Å². The molecular weight excluding hydrogens is 250 g/mol. The Kier molecular flexibility index (Phi) is 4.95. The molecule has 0 saturated heterocycles. The van der Waals surface area contributed by atoms with Gasteiger partial charge in [0.1, 0.15) is 13.1 Å². The summed E-state index contributed by atoms with van der Waals surface area (Å²) in [7, 11) is 0. The Morgan fingerprint density at radius 1 is 1.16 bits per heavy atom. The van der Waals surface area contributed by atoms with Crippen LogP contribution in [0.4, 0.5) is 0 Å². The second-order valence-corrected chi connectivity index (χ2v) is 3.83. The third kappa shape index (κ3) is 4.36. The van der Waals surface area contributed by atoms with E-state index in [4.69, 9.17) is 17.2 Å². The van der Waals surface area contributed by atoms with Crippen molar-refractivity contribution < 1.29 is 14.4 Å². The van der Waals surface area contributed by atoms with Gasteiger partial charge < -0.3 is 22.1 Å². The van der Waals surface area contributed by atoms with E-state index in [9.17, 15) is 14.4 Å². The molecule has 8 nitrogen and oxygen atoms in total. The Labute approximate surface area is 109 Å². The van der Waals surface area contributed by atoms with E-state index in [1.54, 1.807) is 0 Å². The number of aromatic nitrogens is 1. The fraction of sp³-hybridized carbons (Fsp3) is 0.273. The number of rotatable bonds is 6. The third-order valence-electron chi connectivity index (χ3n) is 2.25. The van der Waals surface area contributed by atoms with E-state index in [1.807, 2.05) is 0 Å². The molecule has 0 aliphatic heterocycles. The first-order valence-electron chi connectivity index (χ1n) is 5.45. The Balaban J connectivity index is 2.96. The normalized spacial score (nSPS) is 9.95. The summed E-state index contributed by atoms with van der Waals surface area (Å²) in [6, 6.07) is 2.94. The van der Waals surface area contributed by atoms with Gasteiger partial charge in [-0.15, -0.1) is 0 Å². The molecule has 6 N–H and O–H groups in total. The first-order valence-corrected chi connectivity index (χ1v) is 5.45. The van der Waals surface area contributed by atoms with Crippen LogP contribution in [0.15, 0.2) is 18.3 Å². The van der Waals surface area contributed by atoms with Crippen molar-refractivity contribution in [1.82, 2.24) is 9.88 Å². The van der Waals surface area contributed by atoms with E-state index < -0.39 is 17.7 Å². The fourth-order valence-electron chi connectivity index (χ4n) is 1.48. The summed E-state index contributed by atoms with van der Waals surface area (Å²) in [6.07, 6.45) is 1.42. The van der Waals surface area contributed by atoms with E-state index in [2.05, 4.69) is 4.98 Å². The maximum Gasteiger partial charge on any atom is 0.254 e. The van der Waals surface area contributed by atoms with Gasteiger partial charge in [-0.2, -0.15) is 0 Å². The highest BCUT2D eigenvalue weighted by Crippen LogP contribution is 2.06. The van der Waals surface area contributed by atoms with Gasteiger partial charge in [0, 0.05) is 18.3 Å². The summed E-state index contributed by atoms with van der Waals surface area (Å²) in [4.78, 5) is 38.8. The summed E-state index contributed by atoms with van der Waals surface area (Å²) < 4.78 is 0. The lowest BCUT2D eigenvalue weighted by atomic mass is 10.2. The molecule has 0 aliphatic carbocycles. The molecule has 1 heterocycles. The van der Waals surface area contributed by atoms with Crippen LogP contribution in [0.2, 0.25) is 0 Å². The number of hydrogen-bond acceptors (Lipinski definition) is 5. The Bertz CT molecular complexity index is 487. The number of primary amides is 2. The fourth-order valence-corrected chi connectivity index (χ4v) is 1.48. The Morgan fingerprint density at radius 2 is 1.74 bits per heavy atom. The lowest BCUT2D eigenvalue weighted by Crippen LogP contribution is -2.43. The van der Waals surface area contributed by atoms with Crippen LogP contribution < -0.4 is 17.2 Å². The van der Waals surface area contributed by atoms with Crippen molar-refractivity contribution in [2.75, 3.05) is 13.1 Å². The molecule has 0 unspecified atom stereocenters. The predicted molar refractivity (Wildman–Crippen MR) is 66.4 cm³/mol. The molecular formula is C11H15N5O3. The highest BCUT2D eigenvalue weighted by molar-refractivity contribution is 5.98. The number of pyridine rings is 1. The SMILES string of the molecule is NCc1cc(C(=O)N(CC(N)=O)CC(N)=O)ccn1. The van der Waals surface area contributed by atoms with E-state index in [0.717, 1.165) is 4.90 Å². The summed E-state index contributed by atoms with van der Waals surface area (Å²) in [6.45, 7) is -0.600. The van der Waals surface area contributed by atoms with Crippen LogP contribution >= 0.6 is 0 Å². The van der Waals surface area contributed by atoms with Gasteiger partial charge in [-0.05, 0) is 12.1 Å². The van der Waals surface area contributed by atoms with Crippen LogP contribution in [0.25, 0.3) is 0 Å². The number of hydrogen-bond donors (Lipinski definition) is 3. The molecule has 1 aromatic rings. The Morgan fingerprint density at radius 3 is 2.21 bits per heavy atom. The van der Waals surface area contributed by atoms with Crippen molar-refractivity contribution in [2.24, 2.45) is 17.2 Å². The number of nitrogens with zero attached hydrogens (tertiary/aromatic N) is 2. The first-order chi connectivity index (χ1) is 8.93. The molecule has 0 fully saturated rings. The number of nitrogens with two attached hydrogens (primary N) is 3. The maximum absolute atomic E-state index is 12.1. The average molecular weight is 265 g/mol. The number of amides is 3. The second kappa shape index (κ2) is 6.45. The minimum Gasteiger partial charge on any atom is -0.368 e. The zero-order chi connectivity index (χ0) is 14.4. The lowest BCUT2D eigenvalue weighted by Gasteiger charge is -2.19. The van der Waals surface area contributed by atoms with Gasteiger partial charge >= 0.3 is 0 Å². The molecule has 0 aromatic carbocycles. The van der Waals surface area contributed by atoms with Gasteiger partial charge in [-0.25, -0.2) is 0 Å². The monoisotopic (exact) mass is 265 g/mol. The minimum atomic E-state index is -0.734. The first kappa shape index (κ1) is 14.6. The highest BCUT2D eigenvalue weighted by atomic mass is 16.2. The molecule has 0 saturated carbocycles. The quantitative estimate of drug-likeness (QED) is 0.542. The van der Waals surface area contributed by atoms with Crippen molar-refractivity contribution in [2.45, 2.75) is 6.54 Å². The van der Waals surface area contributed by atoms with Gasteiger partial charge in [0.2, 0.25) is 11.8 Å². The van der Waals surface area contributed by atoms with E-state index >= 15 is 0 Å². The number of carbonyl (C=O) groups excluding carboxylic acids is 3. The second-order valence-electron chi connectivity index (χ2n) is 3.83. The minimum absolute atomic E-state index is 0.173. The summed E-state index contributed by atoms with van der Waals surface area (Å²) in [5, 5.41) is 0. The maximum atomic E-state index is 12.1. The third-order valence-corrected chi connectivity index (χ3v) is 2.25. The molecule has 0 spiro atoms. The summed E-state index contributed by atoms with van der Waals surface area (Å²) in [5.74, 6) is -2.00. The largest absolute Gasteiger partial charge is 0.368 e. The van der Waals surface area contributed by atoms with Gasteiger partial charge in [0.15, 0.2) is 0 Å². The van der Waals surface area contributed by atoms with Gasteiger partial charge in [-0.3, -0.25) is 19.4 Å². The van der Waals surface area contributed by atoms with Crippen LogP contribution in [0.3, 0.4) is 0 Å². The van der Waals surface area contributed by atoms with Crippen LogP contribution in [0, 0.1) is 0 Å². The zero-order valence-electron chi connectivity index (χ0n) is 10.2. The molecule has 8 heteroatoms. The van der Waals surface area contributed by atoms with Crippen LogP contribution in [-0.4, -0.2) is 40.7 Å². The summed E-state index contributed by atoms with van der Waals surface area (Å²) >= 11 is 0.